The normalized spacial score (nSPS) is 10.7. The van der Waals surface area contributed by atoms with E-state index in [2.05, 4.69) is 72.6 Å². The molecule has 0 fully saturated rings. The number of aromatic nitrogens is 2. The molecule has 3 aromatic rings. The molecular weight excluding hydrogens is 244 g/mol. The summed E-state index contributed by atoms with van der Waals surface area (Å²) in [6, 6.07) is 18.9. The van der Waals surface area contributed by atoms with Crippen LogP contribution in [0.2, 0.25) is 0 Å². The highest BCUT2D eigenvalue weighted by Gasteiger charge is 2.14. The molecule has 2 nitrogen and oxygen atoms in total. The van der Waals surface area contributed by atoms with Crippen molar-refractivity contribution in [3.63, 3.8) is 0 Å². The molecule has 0 aliphatic heterocycles. The summed E-state index contributed by atoms with van der Waals surface area (Å²) in [5.74, 6) is 0. The highest BCUT2D eigenvalue weighted by molar-refractivity contribution is 5.74. The Balaban J connectivity index is 2.10. The number of hydrogen-bond donors (Lipinski definition) is 1. The minimum atomic E-state index is 0.962. The fourth-order valence-electron chi connectivity index (χ4n) is 2.50. The first-order valence-corrected chi connectivity index (χ1v) is 6.99. The van der Waals surface area contributed by atoms with Crippen molar-refractivity contribution in [2.24, 2.45) is 0 Å². The molecule has 0 aliphatic carbocycles. The lowest BCUT2D eigenvalue weighted by Crippen LogP contribution is -1.87. The van der Waals surface area contributed by atoms with Crippen LogP contribution in [0.3, 0.4) is 0 Å². The van der Waals surface area contributed by atoms with Crippen molar-refractivity contribution >= 4 is 0 Å². The first kappa shape index (κ1) is 12.7. The summed E-state index contributed by atoms with van der Waals surface area (Å²) < 4.78 is 0. The van der Waals surface area contributed by atoms with E-state index < -0.39 is 0 Å². The van der Waals surface area contributed by atoms with Crippen LogP contribution >= 0.6 is 0 Å². The van der Waals surface area contributed by atoms with Gasteiger partial charge in [-0.15, -0.1) is 0 Å². The molecule has 3 rings (SSSR count). The molecule has 1 aromatic heterocycles. The summed E-state index contributed by atoms with van der Waals surface area (Å²) in [6.45, 7) is 4.28. The largest absolute Gasteiger partial charge is 0.277 e. The fraction of sp³-hybridized carbons (Fsp3) is 0.167. The number of hydrogen-bond acceptors (Lipinski definition) is 1. The summed E-state index contributed by atoms with van der Waals surface area (Å²) in [5.41, 5.74) is 7.10. The minimum Gasteiger partial charge on any atom is -0.277 e. The second-order valence-corrected chi connectivity index (χ2v) is 5.01. The maximum absolute atomic E-state index is 4.53. The molecule has 0 amide bonds. The van der Waals surface area contributed by atoms with Crippen LogP contribution in [-0.4, -0.2) is 10.2 Å². The van der Waals surface area contributed by atoms with Gasteiger partial charge in [0, 0.05) is 11.1 Å². The number of rotatable bonds is 3. The predicted molar refractivity (Wildman–Crippen MR) is 83.6 cm³/mol. The maximum Gasteiger partial charge on any atom is 0.0959 e. The number of H-pyrrole nitrogens is 1. The standard InChI is InChI=1S/C18H18N2/c1-3-16-17(14-7-5-4-6-8-14)19-20-18(16)15-11-9-13(2)10-12-15/h4-12H,3H2,1-2H3,(H,19,20). The SMILES string of the molecule is CCc1c(-c2ccccc2)n[nH]c1-c1ccc(C)cc1. The van der Waals surface area contributed by atoms with Gasteiger partial charge in [-0.2, -0.15) is 5.10 Å². The molecule has 0 saturated heterocycles. The van der Waals surface area contributed by atoms with Gasteiger partial charge in [0.25, 0.3) is 0 Å². The Kier molecular flexibility index (Phi) is 3.38. The van der Waals surface area contributed by atoms with Crippen LogP contribution in [-0.2, 0) is 6.42 Å². The Hall–Kier alpha value is -2.35. The van der Waals surface area contributed by atoms with Crippen LogP contribution in [0.25, 0.3) is 22.5 Å². The zero-order valence-electron chi connectivity index (χ0n) is 11.9. The molecule has 0 saturated carbocycles. The number of aromatic amines is 1. The van der Waals surface area contributed by atoms with Crippen LogP contribution in [0, 0.1) is 6.92 Å². The zero-order chi connectivity index (χ0) is 13.9. The van der Waals surface area contributed by atoms with Crippen LogP contribution < -0.4 is 0 Å². The number of nitrogens with one attached hydrogen (secondary N) is 1. The van der Waals surface area contributed by atoms with Crippen molar-refractivity contribution < 1.29 is 0 Å². The minimum absolute atomic E-state index is 0.962. The Morgan fingerprint density at radius 1 is 0.900 bits per heavy atom. The second kappa shape index (κ2) is 5.33. The third-order valence-corrected chi connectivity index (χ3v) is 3.61. The Bertz CT molecular complexity index is 694. The summed E-state index contributed by atoms with van der Waals surface area (Å²) in [6.07, 6.45) is 0.962. The van der Waals surface area contributed by atoms with Crippen molar-refractivity contribution in [2.45, 2.75) is 20.3 Å². The molecule has 0 spiro atoms. The predicted octanol–water partition coefficient (Wildman–Crippen LogP) is 4.61. The molecular formula is C18H18N2. The van der Waals surface area contributed by atoms with E-state index in [0.29, 0.717) is 0 Å². The first-order chi connectivity index (χ1) is 9.79. The molecule has 1 N–H and O–H groups in total. The summed E-state index contributed by atoms with van der Waals surface area (Å²) in [5, 5.41) is 7.74. The molecule has 0 bridgehead atoms. The van der Waals surface area contributed by atoms with Crippen molar-refractivity contribution in [3.05, 3.63) is 65.7 Å². The van der Waals surface area contributed by atoms with Crippen molar-refractivity contribution in [2.75, 3.05) is 0 Å². The van der Waals surface area contributed by atoms with E-state index in [-0.39, 0.29) is 0 Å². The first-order valence-electron chi connectivity index (χ1n) is 6.99. The van der Waals surface area contributed by atoms with E-state index in [4.69, 9.17) is 0 Å². The maximum atomic E-state index is 4.53. The van der Waals surface area contributed by atoms with Crippen molar-refractivity contribution in [3.8, 4) is 22.5 Å². The molecule has 20 heavy (non-hydrogen) atoms. The highest BCUT2D eigenvalue weighted by atomic mass is 15.1. The number of nitrogens with zero attached hydrogens (tertiary/aromatic N) is 1. The smallest absolute Gasteiger partial charge is 0.0959 e. The van der Waals surface area contributed by atoms with Gasteiger partial charge in [-0.25, -0.2) is 0 Å². The van der Waals surface area contributed by atoms with Gasteiger partial charge in [0.15, 0.2) is 0 Å². The van der Waals surface area contributed by atoms with Crippen LogP contribution in [0.4, 0.5) is 0 Å². The van der Waals surface area contributed by atoms with E-state index in [1.54, 1.807) is 0 Å². The van der Waals surface area contributed by atoms with Gasteiger partial charge in [-0.1, -0.05) is 67.1 Å². The highest BCUT2D eigenvalue weighted by Crippen LogP contribution is 2.30. The molecule has 0 aliphatic rings. The molecule has 0 radical (unpaired) electrons. The second-order valence-electron chi connectivity index (χ2n) is 5.01. The molecule has 100 valence electrons. The Labute approximate surface area is 119 Å². The molecule has 2 aromatic carbocycles. The lowest BCUT2D eigenvalue weighted by atomic mass is 10.00. The average molecular weight is 262 g/mol. The van der Waals surface area contributed by atoms with Gasteiger partial charge < -0.3 is 0 Å². The van der Waals surface area contributed by atoms with Crippen LogP contribution in [0.15, 0.2) is 54.6 Å². The van der Waals surface area contributed by atoms with Gasteiger partial charge in [0.2, 0.25) is 0 Å². The van der Waals surface area contributed by atoms with Crippen LogP contribution in [0.1, 0.15) is 18.1 Å². The van der Waals surface area contributed by atoms with Crippen molar-refractivity contribution in [1.29, 1.82) is 0 Å². The van der Waals surface area contributed by atoms with E-state index in [9.17, 15) is 0 Å². The monoisotopic (exact) mass is 262 g/mol. The molecule has 0 unspecified atom stereocenters. The lowest BCUT2D eigenvalue weighted by Gasteiger charge is -2.04. The van der Waals surface area contributed by atoms with Crippen molar-refractivity contribution in [1.82, 2.24) is 10.2 Å². The third kappa shape index (κ3) is 2.25. The number of benzene rings is 2. The lowest BCUT2D eigenvalue weighted by molar-refractivity contribution is 1.10. The van der Waals surface area contributed by atoms with E-state index in [1.807, 2.05) is 6.07 Å². The van der Waals surface area contributed by atoms with Gasteiger partial charge in [0.05, 0.1) is 11.4 Å². The third-order valence-electron chi connectivity index (χ3n) is 3.61. The fourth-order valence-corrected chi connectivity index (χ4v) is 2.50. The van der Waals surface area contributed by atoms with E-state index >= 15 is 0 Å². The summed E-state index contributed by atoms with van der Waals surface area (Å²) in [4.78, 5) is 0. The van der Waals surface area contributed by atoms with Gasteiger partial charge in [-0.05, 0) is 18.9 Å². The molecule has 2 heteroatoms. The Morgan fingerprint density at radius 3 is 2.25 bits per heavy atom. The molecule has 0 atom stereocenters. The van der Waals surface area contributed by atoms with Gasteiger partial charge >= 0.3 is 0 Å². The average Bonchev–Trinajstić information content (AvgIpc) is 2.93. The van der Waals surface area contributed by atoms with Gasteiger partial charge in [-0.3, -0.25) is 5.10 Å². The summed E-state index contributed by atoms with van der Waals surface area (Å²) >= 11 is 0. The van der Waals surface area contributed by atoms with E-state index in [1.165, 1.54) is 22.3 Å². The van der Waals surface area contributed by atoms with Crippen LogP contribution in [0.5, 0.6) is 0 Å². The quantitative estimate of drug-likeness (QED) is 0.733. The van der Waals surface area contributed by atoms with Gasteiger partial charge in [0.1, 0.15) is 0 Å². The Morgan fingerprint density at radius 2 is 1.60 bits per heavy atom. The number of aryl methyl sites for hydroxylation is 1. The zero-order valence-corrected chi connectivity index (χ0v) is 11.9. The topological polar surface area (TPSA) is 28.7 Å². The summed E-state index contributed by atoms with van der Waals surface area (Å²) in [7, 11) is 0. The van der Waals surface area contributed by atoms with E-state index in [0.717, 1.165) is 17.8 Å². The molecule has 1 heterocycles.